The van der Waals surface area contributed by atoms with Gasteiger partial charge >= 0.3 is 0 Å². The van der Waals surface area contributed by atoms with Crippen molar-refractivity contribution in [3.05, 3.63) is 29.8 Å². The average Bonchev–Trinajstić information content (AvgIpc) is 3.22. The van der Waals surface area contributed by atoms with E-state index in [9.17, 15) is 4.79 Å². The van der Waals surface area contributed by atoms with E-state index < -0.39 is 0 Å². The van der Waals surface area contributed by atoms with E-state index in [0.717, 1.165) is 24.2 Å². The molecule has 4 heteroatoms. The van der Waals surface area contributed by atoms with Gasteiger partial charge in [0, 0.05) is 30.6 Å². The molecule has 0 saturated heterocycles. The van der Waals surface area contributed by atoms with Crippen molar-refractivity contribution in [1.29, 1.82) is 0 Å². The molecule has 0 unspecified atom stereocenters. The van der Waals surface area contributed by atoms with Crippen LogP contribution in [-0.4, -0.2) is 25.6 Å². The summed E-state index contributed by atoms with van der Waals surface area (Å²) in [6, 6.07) is 8.56. The number of nitrogens with one attached hydrogen (secondary N) is 2. The van der Waals surface area contributed by atoms with Gasteiger partial charge in [-0.15, -0.1) is 0 Å². The molecule has 0 aliphatic heterocycles. The Morgan fingerprint density at radius 3 is 2.84 bits per heavy atom. The maximum Gasteiger partial charge on any atom is 0.221 e. The molecule has 1 aromatic carbocycles. The molecule has 1 aromatic rings. The lowest BCUT2D eigenvalue weighted by atomic mass is 10.1. The van der Waals surface area contributed by atoms with E-state index in [1.165, 1.54) is 0 Å². The fraction of sp³-hybridized carbons (Fsp3) is 0.533. The first-order chi connectivity index (χ1) is 9.20. The van der Waals surface area contributed by atoms with Crippen LogP contribution in [-0.2, 0) is 4.79 Å². The number of carbonyl (C=O) groups excluding carboxylic acids is 1. The molecule has 0 heterocycles. The van der Waals surface area contributed by atoms with Crippen molar-refractivity contribution in [3.8, 4) is 5.75 Å². The second-order valence-corrected chi connectivity index (χ2v) is 5.01. The number of hydrogen-bond acceptors (Lipinski definition) is 3. The summed E-state index contributed by atoms with van der Waals surface area (Å²) >= 11 is 0. The van der Waals surface area contributed by atoms with Gasteiger partial charge in [0.05, 0.1) is 7.11 Å². The van der Waals surface area contributed by atoms with E-state index in [-0.39, 0.29) is 11.9 Å². The van der Waals surface area contributed by atoms with Gasteiger partial charge in [-0.3, -0.25) is 4.79 Å². The molecule has 2 N–H and O–H groups in total. The first-order valence-electron chi connectivity index (χ1n) is 6.86. The van der Waals surface area contributed by atoms with Crippen molar-refractivity contribution in [1.82, 2.24) is 10.6 Å². The highest BCUT2D eigenvalue weighted by molar-refractivity contribution is 5.76. The zero-order chi connectivity index (χ0) is 13.7. The highest BCUT2D eigenvalue weighted by Crippen LogP contribution is 2.24. The van der Waals surface area contributed by atoms with Crippen LogP contribution in [0.1, 0.15) is 37.8 Å². The van der Waals surface area contributed by atoms with Gasteiger partial charge in [-0.25, -0.2) is 0 Å². The Labute approximate surface area is 114 Å². The maximum atomic E-state index is 11.6. The molecule has 0 spiro atoms. The van der Waals surface area contributed by atoms with Crippen molar-refractivity contribution in [3.63, 3.8) is 0 Å². The third kappa shape index (κ3) is 4.24. The second kappa shape index (κ2) is 6.57. The van der Waals surface area contributed by atoms with Gasteiger partial charge in [0.25, 0.3) is 0 Å². The molecule has 1 atom stereocenters. The van der Waals surface area contributed by atoms with Crippen LogP contribution in [0.3, 0.4) is 0 Å². The Hall–Kier alpha value is -1.55. The monoisotopic (exact) mass is 262 g/mol. The molecule has 1 aliphatic carbocycles. The third-order valence-electron chi connectivity index (χ3n) is 3.35. The third-order valence-corrected chi connectivity index (χ3v) is 3.35. The summed E-state index contributed by atoms with van der Waals surface area (Å²) in [7, 11) is 1.68. The van der Waals surface area contributed by atoms with Crippen LogP contribution in [0.15, 0.2) is 24.3 Å². The normalized spacial score (nSPS) is 15.9. The summed E-state index contributed by atoms with van der Waals surface area (Å²) in [4.78, 5) is 11.6. The zero-order valence-corrected chi connectivity index (χ0v) is 11.6. The van der Waals surface area contributed by atoms with Crippen LogP contribution in [0.4, 0.5) is 0 Å². The lowest BCUT2D eigenvalue weighted by molar-refractivity contribution is -0.121. The minimum atomic E-state index is 0.141. The molecular formula is C15H22N2O2. The second-order valence-electron chi connectivity index (χ2n) is 5.01. The van der Waals surface area contributed by atoms with Gasteiger partial charge in [0.1, 0.15) is 5.75 Å². The topological polar surface area (TPSA) is 50.4 Å². The Balaban J connectivity index is 1.76. The van der Waals surface area contributed by atoms with E-state index in [0.29, 0.717) is 19.0 Å². The van der Waals surface area contributed by atoms with Crippen molar-refractivity contribution in [2.75, 3.05) is 13.7 Å². The smallest absolute Gasteiger partial charge is 0.221 e. The maximum absolute atomic E-state index is 11.6. The number of benzene rings is 1. The predicted molar refractivity (Wildman–Crippen MR) is 75.2 cm³/mol. The Kier molecular flexibility index (Phi) is 4.80. The molecule has 1 saturated carbocycles. The number of methoxy groups -OCH3 is 1. The number of amides is 1. The van der Waals surface area contributed by atoms with Crippen molar-refractivity contribution in [2.24, 2.45) is 0 Å². The molecule has 0 aromatic heterocycles. The number of ether oxygens (including phenoxy) is 1. The van der Waals surface area contributed by atoms with E-state index in [1.54, 1.807) is 7.11 Å². The first kappa shape index (κ1) is 13.9. The van der Waals surface area contributed by atoms with Crippen molar-refractivity contribution >= 4 is 5.91 Å². The van der Waals surface area contributed by atoms with Gasteiger partial charge < -0.3 is 15.4 Å². The highest BCUT2D eigenvalue weighted by Gasteiger charge is 2.22. The van der Waals surface area contributed by atoms with Gasteiger partial charge in [0.2, 0.25) is 5.91 Å². The van der Waals surface area contributed by atoms with Crippen molar-refractivity contribution in [2.45, 2.75) is 38.3 Å². The van der Waals surface area contributed by atoms with Crippen LogP contribution in [0, 0.1) is 0 Å². The minimum absolute atomic E-state index is 0.141. The van der Waals surface area contributed by atoms with Gasteiger partial charge in [0.15, 0.2) is 0 Å². The summed E-state index contributed by atoms with van der Waals surface area (Å²) < 4.78 is 5.34. The molecule has 104 valence electrons. The summed E-state index contributed by atoms with van der Waals surface area (Å²) in [6.45, 7) is 2.76. The van der Waals surface area contributed by atoms with E-state index in [4.69, 9.17) is 4.74 Å². The number of carbonyl (C=O) groups is 1. The quantitative estimate of drug-likeness (QED) is 0.790. The molecule has 1 fully saturated rings. The lowest BCUT2D eigenvalue weighted by Crippen LogP contribution is -2.30. The summed E-state index contributed by atoms with van der Waals surface area (Å²) in [5.74, 6) is 1.02. The Morgan fingerprint density at radius 1 is 1.42 bits per heavy atom. The van der Waals surface area contributed by atoms with Crippen LogP contribution >= 0.6 is 0 Å². The standard InChI is InChI=1S/C15H22N2O2/c1-11(13-5-3-4-6-14(13)19-2)16-10-9-15(18)17-12-7-8-12/h3-6,11-12,16H,7-10H2,1-2H3,(H,17,18)/t11-/m0/s1. The van der Waals surface area contributed by atoms with Crippen LogP contribution in [0.25, 0.3) is 0 Å². The lowest BCUT2D eigenvalue weighted by Gasteiger charge is -2.17. The number of rotatable bonds is 7. The van der Waals surface area contributed by atoms with Gasteiger partial charge in [-0.1, -0.05) is 18.2 Å². The average molecular weight is 262 g/mol. The van der Waals surface area contributed by atoms with Crippen LogP contribution in [0.2, 0.25) is 0 Å². The fourth-order valence-electron chi connectivity index (χ4n) is 2.06. The molecule has 1 aliphatic rings. The number of para-hydroxylation sites is 1. The molecule has 2 rings (SSSR count). The minimum Gasteiger partial charge on any atom is -0.496 e. The zero-order valence-electron chi connectivity index (χ0n) is 11.6. The summed E-state index contributed by atoms with van der Waals surface area (Å²) in [5.41, 5.74) is 1.12. The van der Waals surface area contributed by atoms with E-state index >= 15 is 0 Å². The van der Waals surface area contributed by atoms with E-state index in [1.807, 2.05) is 24.3 Å². The number of hydrogen-bond donors (Lipinski definition) is 2. The van der Waals surface area contributed by atoms with Crippen LogP contribution < -0.4 is 15.4 Å². The van der Waals surface area contributed by atoms with Gasteiger partial charge in [-0.2, -0.15) is 0 Å². The molecule has 1 amide bonds. The molecule has 4 nitrogen and oxygen atoms in total. The van der Waals surface area contributed by atoms with Crippen molar-refractivity contribution < 1.29 is 9.53 Å². The predicted octanol–water partition coefficient (Wildman–Crippen LogP) is 2.01. The molecular weight excluding hydrogens is 240 g/mol. The van der Waals surface area contributed by atoms with Gasteiger partial charge in [-0.05, 0) is 25.8 Å². The largest absolute Gasteiger partial charge is 0.496 e. The summed E-state index contributed by atoms with van der Waals surface area (Å²) in [6.07, 6.45) is 2.80. The first-order valence-corrected chi connectivity index (χ1v) is 6.86. The Morgan fingerprint density at radius 2 is 2.16 bits per heavy atom. The SMILES string of the molecule is COc1ccccc1[C@H](C)NCCC(=O)NC1CC1. The van der Waals surface area contributed by atoms with E-state index in [2.05, 4.69) is 17.6 Å². The Bertz CT molecular complexity index is 430. The fourth-order valence-corrected chi connectivity index (χ4v) is 2.06. The highest BCUT2D eigenvalue weighted by atomic mass is 16.5. The molecule has 0 radical (unpaired) electrons. The van der Waals surface area contributed by atoms with Crippen LogP contribution in [0.5, 0.6) is 5.75 Å². The molecule has 19 heavy (non-hydrogen) atoms. The summed E-state index contributed by atoms with van der Waals surface area (Å²) in [5, 5.41) is 6.34. The molecule has 0 bridgehead atoms.